The molecule has 0 fully saturated rings. The molecule has 4 rings (SSSR count). The van der Waals surface area contributed by atoms with Crippen molar-refractivity contribution in [1.82, 2.24) is 14.5 Å². The van der Waals surface area contributed by atoms with E-state index in [0.717, 1.165) is 20.7 Å². The van der Waals surface area contributed by atoms with Crippen molar-refractivity contribution in [3.63, 3.8) is 0 Å². The van der Waals surface area contributed by atoms with Crippen molar-refractivity contribution < 1.29 is 13.9 Å². The van der Waals surface area contributed by atoms with Gasteiger partial charge in [0, 0.05) is 15.4 Å². The molecule has 0 bridgehead atoms. The number of ether oxygens (including phenoxy) is 1. The maximum Gasteiger partial charge on any atom is 0.342 e. The number of fused-ring (bicyclic) bond motifs is 1. The van der Waals surface area contributed by atoms with Crippen LogP contribution in [-0.4, -0.2) is 27.1 Å². The van der Waals surface area contributed by atoms with E-state index in [0.29, 0.717) is 5.76 Å². The van der Waals surface area contributed by atoms with Gasteiger partial charge in [-0.1, -0.05) is 28.1 Å². The summed E-state index contributed by atoms with van der Waals surface area (Å²) in [6, 6.07) is 7.86. The lowest BCUT2D eigenvalue weighted by Crippen LogP contribution is -2.22. The lowest BCUT2D eigenvalue weighted by atomic mass is 10.2. The van der Waals surface area contributed by atoms with Gasteiger partial charge in [-0.25, -0.2) is 14.8 Å². The summed E-state index contributed by atoms with van der Waals surface area (Å²) in [6.45, 7) is 3.76. The third kappa shape index (κ3) is 3.75. The van der Waals surface area contributed by atoms with Crippen molar-refractivity contribution in [3.05, 3.63) is 67.8 Å². The molecule has 3 heterocycles. The van der Waals surface area contributed by atoms with E-state index in [2.05, 4.69) is 25.9 Å². The van der Waals surface area contributed by atoms with Gasteiger partial charge in [0.25, 0.3) is 5.56 Å². The molecule has 7 nitrogen and oxygen atoms in total. The van der Waals surface area contributed by atoms with E-state index in [4.69, 9.17) is 9.15 Å². The summed E-state index contributed by atoms with van der Waals surface area (Å²) in [6.07, 6.45) is 1.40. The normalized spacial score (nSPS) is 11.1. The average molecular weight is 474 g/mol. The molecule has 0 aliphatic heterocycles. The molecule has 3 aromatic heterocycles. The van der Waals surface area contributed by atoms with E-state index in [-0.39, 0.29) is 35.4 Å². The zero-order chi connectivity index (χ0) is 20.5. The first-order valence-electron chi connectivity index (χ1n) is 8.84. The highest BCUT2D eigenvalue weighted by Crippen LogP contribution is 2.27. The third-order valence-electron chi connectivity index (χ3n) is 4.29. The molecule has 1 aromatic carbocycles. The number of nitrogens with zero attached hydrogens (tertiary/aromatic N) is 3. The van der Waals surface area contributed by atoms with Crippen LogP contribution in [0.1, 0.15) is 28.7 Å². The summed E-state index contributed by atoms with van der Waals surface area (Å²) < 4.78 is 12.9. The van der Waals surface area contributed by atoms with Crippen LogP contribution in [0.4, 0.5) is 0 Å². The number of esters is 1. The Balaban J connectivity index is 1.71. The summed E-state index contributed by atoms with van der Waals surface area (Å²) in [5, 5.41) is 2.89. The zero-order valence-corrected chi connectivity index (χ0v) is 18.0. The number of rotatable bonds is 5. The summed E-state index contributed by atoms with van der Waals surface area (Å²) in [7, 11) is 0. The monoisotopic (exact) mass is 473 g/mol. The molecule has 0 N–H and O–H groups in total. The summed E-state index contributed by atoms with van der Waals surface area (Å²) in [5.41, 5.74) is 1.60. The van der Waals surface area contributed by atoms with Crippen LogP contribution in [0.15, 0.2) is 49.7 Å². The van der Waals surface area contributed by atoms with Crippen LogP contribution < -0.4 is 5.56 Å². The fourth-order valence-electron chi connectivity index (χ4n) is 3.01. The average Bonchev–Trinajstić information content (AvgIpc) is 3.28. The lowest BCUT2D eigenvalue weighted by Gasteiger charge is -2.04. The molecule has 29 heavy (non-hydrogen) atoms. The smallest absolute Gasteiger partial charge is 0.342 e. The summed E-state index contributed by atoms with van der Waals surface area (Å²) in [4.78, 5) is 34.1. The van der Waals surface area contributed by atoms with Crippen LogP contribution in [0.25, 0.3) is 21.7 Å². The van der Waals surface area contributed by atoms with Gasteiger partial charge in [0.2, 0.25) is 5.71 Å². The molecule has 0 atom stereocenters. The second-order valence-corrected chi connectivity index (χ2v) is 8.04. The second kappa shape index (κ2) is 7.92. The molecule has 0 unspecified atom stereocenters. The van der Waals surface area contributed by atoms with Crippen LogP contribution in [0, 0.1) is 6.92 Å². The Morgan fingerprint density at radius 2 is 2.21 bits per heavy atom. The molecule has 9 heteroatoms. The van der Waals surface area contributed by atoms with Crippen molar-refractivity contribution in [2.75, 3.05) is 6.61 Å². The minimum atomic E-state index is -0.592. The maximum absolute atomic E-state index is 13.0. The number of aryl methyl sites for hydroxylation is 1. The van der Waals surface area contributed by atoms with Gasteiger partial charge in [-0.15, -0.1) is 11.3 Å². The molecular weight excluding hydrogens is 458 g/mol. The first-order valence-corrected chi connectivity index (χ1v) is 10.5. The summed E-state index contributed by atoms with van der Waals surface area (Å²) in [5.74, 6) is -0.280. The molecule has 0 aliphatic rings. The predicted octanol–water partition coefficient (Wildman–Crippen LogP) is 4.41. The number of benzene rings is 1. The van der Waals surface area contributed by atoms with Crippen molar-refractivity contribution in [2.24, 2.45) is 0 Å². The number of carbonyl (C=O) groups is 1. The van der Waals surface area contributed by atoms with Crippen molar-refractivity contribution in [3.8, 4) is 10.6 Å². The first kappa shape index (κ1) is 19.5. The first-order chi connectivity index (χ1) is 14.0. The van der Waals surface area contributed by atoms with E-state index < -0.39 is 5.97 Å². The van der Waals surface area contributed by atoms with E-state index in [1.54, 1.807) is 13.8 Å². The zero-order valence-electron chi connectivity index (χ0n) is 15.6. The number of aromatic nitrogens is 3. The van der Waals surface area contributed by atoms with E-state index in [1.807, 2.05) is 29.6 Å². The largest absolute Gasteiger partial charge is 0.462 e. The Morgan fingerprint density at radius 1 is 1.38 bits per heavy atom. The third-order valence-corrected chi connectivity index (χ3v) is 5.72. The molecule has 4 aromatic rings. The van der Waals surface area contributed by atoms with Crippen LogP contribution in [0.5, 0.6) is 0 Å². The maximum atomic E-state index is 13.0. The van der Waals surface area contributed by atoms with E-state index >= 15 is 0 Å². The molecule has 0 aliphatic carbocycles. The standard InChI is InChI=1S/C20H16BrN3O4S/c1-3-27-20(26)15-11(2)28-17-16(15)19(25)24(10-22-17)8-14-9-29-18(23-14)12-5-4-6-13(21)7-12/h4-7,9-10H,3,8H2,1-2H3. The van der Waals surface area contributed by atoms with Crippen LogP contribution in [0.2, 0.25) is 0 Å². The Hall–Kier alpha value is -2.78. The predicted molar refractivity (Wildman–Crippen MR) is 113 cm³/mol. The van der Waals surface area contributed by atoms with Gasteiger partial charge in [0.15, 0.2) is 0 Å². The number of halogens is 1. The minimum Gasteiger partial charge on any atom is -0.462 e. The Morgan fingerprint density at radius 3 is 2.97 bits per heavy atom. The number of hydrogen-bond acceptors (Lipinski definition) is 7. The molecule has 0 amide bonds. The van der Waals surface area contributed by atoms with Crippen LogP contribution >= 0.6 is 27.3 Å². The highest BCUT2D eigenvalue weighted by Gasteiger charge is 2.24. The number of furan rings is 1. The van der Waals surface area contributed by atoms with E-state index in [9.17, 15) is 9.59 Å². The fourth-order valence-corrected chi connectivity index (χ4v) is 4.21. The molecule has 0 saturated carbocycles. The topological polar surface area (TPSA) is 87.2 Å². The van der Waals surface area contributed by atoms with Crippen LogP contribution in [-0.2, 0) is 11.3 Å². The number of carbonyl (C=O) groups excluding carboxylic acids is 1. The van der Waals surface area contributed by atoms with Crippen molar-refractivity contribution in [1.29, 1.82) is 0 Å². The van der Waals surface area contributed by atoms with Gasteiger partial charge in [0.1, 0.15) is 28.0 Å². The van der Waals surface area contributed by atoms with Crippen molar-refractivity contribution in [2.45, 2.75) is 20.4 Å². The Labute approximate surface area is 178 Å². The van der Waals surface area contributed by atoms with Crippen LogP contribution in [0.3, 0.4) is 0 Å². The quantitative estimate of drug-likeness (QED) is 0.399. The molecule has 148 valence electrons. The van der Waals surface area contributed by atoms with Gasteiger partial charge in [-0.3, -0.25) is 9.36 Å². The summed E-state index contributed by atoms with van der Waals surface area (Å²) >= 11 is 4.96. The molecule has 0 saturated heterocycles. The van der Waals surface area contributed by atoms with Gasteiger partial charge in [0.05, 0.1) is 18.8 Å². The molecular formula is C20H16BrN3O4S. The second-order valence-electron chi connectivity index (χ2n) is 6.27. The number of hydrogen-bond donors (Lipinski definition) is 0. The van der Waals surface area contributed by atoms with Gasteiger partial charge >= 0.3 is 5.97 Å². The van der Waals surface area contributed by atoms with Gasteiger partial charge in [-0.05, 0) is 26.0 Å². The van der Waals surface area contributed by atoms with E-state index in [1.165, 1.54) is 22.2 Å². The highest BCUT2D eigenvalue weighted by molar-refractivity contribution is 9.10. The lowest BCUT2D eigenvalue weighted by molar-refractivity contribution is 0.0526. The Kier molecular flexibility index (Phi) is 5.33. The fraction of sp³-hybridized carbons (Fsp3) is 0.200. The van der Waals surface area contributed by atoms with Gasteiger partial charge < -0.3 is 9.15 Å². The molecule has 0 spiro atoms. The Bertz CT molecular complexity index is 1270. The van der Waals surface area contributed by atoms with Crippen molar-refractivity contribution >= 4 is 44.3 Å². The van der Waals surface area contributed by atoms with Gasteiger partial charge in [-0.2, -0.15) is 0 Å². The highest BCUT2D eigenvalue weighted by atomic mass is 79.9. The SMILES string of the molecule is CCOC(=O)c1c(C)oc2ncn(Cc3csc(-c4cccc(Br)c4)n3)c(=O)c12. The number of thiazole rings is 1. The molecule has 0 radical (unpaired) electrons. The minimum absolute atomic E-state index is 0.125.